The number of nitrogens with one attached hydrogen (secondary N) is 2. The van der Waals surface area contributed by atoms with E-state index in [4.69, 9.17) is 4.74 Å². The second kappa shape index (κ2) is 7.99. The van der Waals surface area contributed by atoms with Crippen LogP contribution in [0.1, 0.15) is 52.4 Å². The van der Waals surface area contributed by atoms with Crippen LogP contribution in [0.4, 0.5) is 0 Å². The van der Waals surface area contributed by atoms with Crippen LogP contribution in [0.15, 0.2) is 0 Å². The molecule has 2 fully saturated rings. The lowest BCUT2D eigenvalue weighted by atomic mass is 9.83. The van der Waals surface area contributed by atoms with Crippen LogP contribution in [0, 0.1) is 11.8 Å². The molecule has 2 atom stereocenters. The highest BCUT2D eigenvalue weighted by molar-refractivity contribution is 5.80. The zero-order chi connectivity index (χ0) is 14.4. The average Bonchev–Trinajstić information content (AvgIpc) is 2.90. The van der Waals surface area contributed by atoms with Gasteiger partial charge in [0.15, 0.2) is 0 Å². The minimum absolute atomic E-state index is 0.0108. The van der Waals surface area contributed by atoms with Gasteiger partial charge in [0.2, 0.25) is 5.91 Å². The van der Waals surface area contributed by atoms with Crippen molar-refractivity contribution in [2.24, 2.45) is 11.8 Å². The largest absolute Gasteiger partial charge is 0.379 e. The zero-order valence-corrected chi connectivity index (χ0v) is 13.0. The van der Waals surface area contributed by atoms with Gasteiger partial charge < -0.3 is 15.4 Å². The summed E-state index contributed by atoms with van der Waals surface area (Å²) >= 11 is 0. The molecule has 20 heavy (non-hydrogen) atoms. The fourth-order valence-electron chi connectivity index (χ4n) is 3.59. The number of hydrogen-bond donors (Lipinski definition) is 2. The van der Waals surface area contributed by atoms with Gasteiger partial charge >= 0.3 is 0 Å². The van der Waals surface area contributed by atoms with Crippen LogP contribution >= 0.6 is 0 Å². The maximum absolute atomic E-state index is 12.4. The van der Waals surface area contributed by atoms with Crippen LogP contribution in [0.25, 0.3) is 0 Å². The molecule has 2 N–H and O–H groups in total. The van der Waals surface area contributed by atoms with Gasteiger partial charge in [-0.1, -0.05) is 26.7 Å². The first kappa shape index (κ1) is 15.8. The minimum Gasteiger partial charge on any atom is -0.379 e. The van der Waals surface area contributed by atoms with Crippen molar-refractivity contribution in [3.05, 3.63) is 0 Å². The number of hydrogen-bond acceptors (Lipinski definition) is 3. The van der Waals surface area contributed by atoms with Crippen LogP contribution in [-0.2, 0) is 9.53 Å². The van der Waals surface area contributed by atoms with Crippen molar-refractivity contribution >= 4 is 5.91 Å². The molecule has 1 aliphatic carbocycles. The summed E-state index contributed by atoms with van der Waals surface area (Å²) in [5.41, 5.74) is 0. The Balaban J connectivity index is 1.74. The first-order valence-corrected chi connectivity index (χ1v) is 8.36. The van der Waals surface area contributed by atoms with Crippen molar-refractivity contribution in [1.29, 1.82) is 0 Å². The highest BCUT2D eigenvalue weighted by atomic mass is 16.5. The van der Waals surface area contributed by atoms with Gasteiger partial charge in [0, 0.05) is 12.1 Å². The van der Waals surface area contributed by atoms with Crippen molar-refractivity contribution in [1.82, 2.24) is 10.6 Å². The molecule has 1 saturated heterocycles. The summed E-state index contributed by atoms with van der Waals surface area (Å²) < 4.78 is 5.46. The van der Waals surface area contributed by atoms with Gasteiger partial charge in [0.1, 0.15) is 0 Å². The van der Waals surface area contributed by atoms with Gasteiger partial charge in [-0.3, -0.25) is 4.79 Å². The van der Waals surface area contributed by atoms with Crippen molar-refractivity contribution in [3.8, 4) is 0 Å². The Morgan fingerprint density at radius 1 is 1.15 bits per heavy atom. The third kappa shape index (κ3) is 4.19. The van der Waals surface area contributed by atoms with E-state index in [1.165, 1.54) is 25.7 Å². The van der Waals surface area contributed by atoms with Gasteiger partial charge in [-0.2, -0.15) is 0 Å². The fourth-order valence-corrected chi connectivity index (χ4v) is 3.59. The number of likely N-dealkylation sites (N-methyl/N-ethyl adjacent to an activating group) is 1. The molecule has 2 rings (SSSR count). The van der Waals surface area contributed by atoms with Crippen molar-refractivity contribution in [2.75, 3.05) is 19.8 Å². The summed E-state index contributed by atoms with van der Waals surface area (Å²) in [5.74, 6) is 1.06. The highest BCUT2D eigenvalue weighted by Gasteiger charge is 2.34. The molecule has 0 aromatic rings. The van der Waals surface area contributed by atoms with Crippen LogP contribution < -0.4 is 10.6 Å². The lowest BCUT2D eigenvalue weighted by Gasteiger charge is -2.30. The average molecular weight is 282 g/mol. The summed E-state index contributed by atoms with van der Waals surface area (Å²) in [4.78, 5) is 12.4. The molecule has 0 radical (unpaired) electrons. The molecule has 1 heterocycles. The van der Waals surface area contributed by atoms with Gasteiger partial charge in [-0.15, -0.1) is 0 Å². The Bertz CT molecular complexity index is 301. The first-order chi connectivity index (χ1) is 9.74. The molecule has 0 spiro atoms. The molecule has 0 aromatic heterocycles. The third-order valence-corrected chi connectivity index (χ3v) is 4.77. The number of carbonyl (C=O) groups excluding carboxylic acids is 1. The van der Waals surface area contributed by atoms with Crippen LogP contribution in [0.5, 0.6) is 0 Å². The van der Waals surface area contributed by atoms with Gasteiger partial charge in [0.25, 0.3) is 0 Å². The lowest BCUT2D eigenvalue weighted by molar-refractivity contribution is -0.126. The molecule has 0 aromatic carbocycles. The number of rotatable bonds is 6. The Hall–Kier alpha value is -0.610. The van der Waals surface area contributed by atoms with E-state index in [9.17, 15) is 4.79 Å². The molecule has 4 nitrogen and oxygen atoms in total. The van der Waals surface area contributed by atoms with Gasteiger partial charge in [-0.25, -0.2) is 0 Å². The van der Waals surface area contributed by atoms with E-state index in [2.05, 4.69) is 24.5 Å². The number of amides is 1. The van der Waals surface area contributed by atoms with Gasteiger partial charge in [-0.05, 0) is 38.1 Å². The SMILES string of the molecule is CCCC1CCC(NC(=O)C2COCC2NCC)CC1. The standard InChI is InChI=1S/C16H30N2O2/c1-3-5-12-6-8-13(9-7-12)18-16(19)14-10-20-11-15(14)17-4-2/h12-15,17H,3-11H2,1-2H3,(H,18,19). The third-order valence-electron chi connectivity index (χ3n) is 4.77. The van der Waals surface area contributed by atoms with E-state index in [1.54, 1.807) is 0 Å². The Kier molecular flexibility index (Phi) is 6.30. The maximum atomic E-state index is 12.4. The fraction of sp³-hybridized carbons (Fsp3) is 0.938. The summed E-state index contributed by atoms with van der Waals surface area (Å²) in [7, 11) is 0. The summed E-state index contributed by atoms with van der Waals surface area (Å²) in [5, 5.41) is 6.60. The molecule has 2 aliphatic rings. The number of ether oxygens (including phenoxy) is 1. The van der Waals surface area contributed by atoms with E-state index in [0.29, 0.717) is 19.3 Å². The van der Waals surface area contributed by atoms with Gasteiger partial charge in [0.05, 0.1) is 19.1 Å². The topological polar surface area (TPSA) is 50.4 Å². The molecular weight excluding hydrogens is 252 g/mol. The molecule has 0 bridgehead atoms. The summed E-state index contributed by atoms with van der Waals surface area (Å²) in [6, 6.07) is 0.579. The molecule has 1 amide bonds. The predicted molar refractivity (Wildman–Crippen MR) is 80.6 cm³/mol. The van der Waals surface area contributed by atoms with E-state index in [0.717, 1.165) is 25.3 Å². The highest BCUT2D eigenvalue weighted by Crippen LogP contribution is 2.28. The van der Waals surface area contributed by atoms with E-state index in [1.807, 2.05) is 0 Å². The van der Waals surface area contributed by atoms with Crippen LogP contribution in [-0.4, -0.2) is 37.7 Å². The lowest BCUT2D eigenvalue weighted by Crippen LogP contribution is -2.47. The first-order valence-electron chi connectivity index (χ1n) is 8.36. The smallest absolute Gasteiger partial charge is 0.227 e. The number of carbonyl (C=O) groups is 1. The van der Waals surface area contributed by atoms with E-state index in [-0.39, 0.29) is 17.9 Å². The Labute approximate surface area is 123 Å². The molecule has 1 aliphatic heterocycles. The quantitative estimate of drug-likeness (QED) is 0.784. The van der Waals surface area contributed by atoms with Crippen molar-refractivity contribution < 1.29 is 9.53 Å². The van der Waals surface area contributed by atoms with Crippen molar-refractivity contribution in [3.63, 3.8) is 0 Å². The monoisotopic (exact) mass is 282 g/mol. The summed E-state index contributed by atoms with van der Waals surface area (Å²) in [6.45, 7) is 6.45. The molecule has 1 saturated carbocycles. The molecule has 4 heteroatoms. The summed E-state index contributed by atoms with van der Waals surface area (Å²) in [6.07, 6.45) is 7.48. The second-order valence-corrected chi connectivity index (χ2v) is 6.32. The zero-order valence-electron chi connectivity index (χ0n) is 13.0. The van der Waals surface area contributed by atoms with E-state index >= 15 is 0 Å². The second-order valence-electron chi connectivity index (χ2n) is 6.32. The predicted octanol–water partition coefficient (Wildman–Crippen LogP) is 2.09. The minimum atomic E-state index is -0.0108. The Morgan fingerprint density at radius 3 is 2.55 bits per heavy atom. The normalized spacial score (nSPS) is 34.1. The van der Waals surface area contributed by atoms with E-state index < -0.39 is 0 Å². The van der Waals surface area contributed by atoms with Crippen LogP contribution in [0.3, 0.4) is 0 Å². The van der Waals surface area contributed by atoms with Crippen LogP contribution in [0.2, 0.25) is 0 Å². The maximum Gasteiger partial charge on any atom is 0.227 e. The molecule has 2 unspecified atom stereocenters. The molecule has 116 valence electrons. The van der Waals surface area contributed by atoms with Crippen molar-refractivity contribution in [2.45, 2.75) is 64.5 Å². The molecular formula is C16H30N2O2. The Morgan fingerprint density at radius 2 is 1.90 bits per heavy atom.